The van der Waals surface area contributed by atoms with E-state index < -0.39 is 0 Å². The SMILES string of the molecule is CC(C)c1cccc(N(C)C(=O)[C@H]2CS[C@@]3(C)CCC(=O)N23)c1. The Morgan fingerprint density at radius 3 is 2.87 bits per heavy atom. The van der Waals surface area contributed by atoms with Gasteiger partial charge in [0.2, 0.25) is 11.8 Å². The summed E-state index contributed by atoms with van der Waals surface area (Å²) < 4.78 is 0. The van der Waals surface area contributed by atoms with Crippen molar-refractivity contribution >= 4 is 29.3 Å². The summed E-state index contributed by atoms with van der Waals surface area (Å²) in [5.74, 6) is 1.23. The summed E-state index contributed by atoms with van der Waals surface area (Å²) in [5.41, 5.74) is 2.11. The summed E-state index contributed by atoms with van der Waals surface area (Å²) in [5, 5.41) is 0. The van der Waals surface area contributed by atoms with Gasteiger partial charge in [-0.3, -0.25) is 9.59 Å². The lowest BCUT2D eigenvalue weighted by molar-refractivity contribution is -0.136. The maximum Gasteiger partial charge on any atom is 0.250 e. The van der Waals surface area contributed by atoms with E-state index >= 15 is 0 Å². The van der Waals surface area contributed by atoms with Crippen LogP contribution >= 0.6 is 11.8 Å². The lowest BCUT2D eigenvalue weighted by atomic mass is 10.0. The minimum Gasteiger partial charge on any atom is -0.315 e. The van der Waals surface area contributed by atoms with E-state index in [0.717, 1.165) is 12.1 Å². The summed E-state index contributed by atoms with van der Waals surface area (Å²) in [6.07, 6.45) is 1.40. The molecule has 0 saturated carbocycles. The second-order valence-electron chi connectivity index (χ2n) is 6.91. The number of rotatable bonds is 3. The first kappa shape index (κ1) is 16.4. The van der Waals surface area contributed by atoms with Crippen LogP contribution in [0.2, 0.25) is 0 Å². The number of likely N-dealkylation sites (N-methyl/N-ethyl adjacent to an activating group) is 1. The highest BCUT2D eigenvalue weighted by molar-refractivity contribution is 8.01. The first-order chi connectivity index (χ1) is 10.8. The molecule has 2 atom stereocenters. The molecule has 0 radical (unpaired) electrons. The molecule has 5 heteroatoms. The average Bonchev–Trinajstić information content (AvgIpc) is 3.02. The van der Waals surface area contributed by atoms with Crippen molar-refractivity contribution in [3.63, 3.8) is 0 Å². The lowest BCUT2D eigenvalue weighted by Gasteiger charge is -2.32. The van der Waals surface area contributed by atoms with Gasteiger partial charge in [-0.2, -0.15) is 0 Å². The van der Waals surface area contributed by atoms with Crippen molar-refractivity contribution in [2.45, 2.75) is 50.4 Å². The molecule has 2 fully saturated rings. The van der Waals surface area contributed by atoms with Gasteiger partial charge in [-0.25, -0.2) is 0 Å². The summed E-state index contributed by atoms with van der Waals surface area (Å²) in [6, 6.07) is 7.75. The molecule has 2 aliphatic rings. The smallest absolute Gasteiger partial charge is 0.250 e. The monoisotopic (exact) mass is 332 g/mol. The quantitative estimate of drug-likeness (QED) is 0.853. The Hall–Kier alpha value is -1.49. The Labute approximate surface area is 142 Å². The number of carbonyl (C=O) groups excluding carboxylic acids is 2. The van der Waals surface area contributed by atoms with Crippen LogP contribution < -0.4 is 4.90 Å². The van der Waals surface area contributed by atoms with Crippen molar-refractivity contribution in [3.8, 4) is 0 Å². The third-order valence-electron chi connectivity index (χ3n) is 4.98. The third-order valence-corrected chi connectivity index (χ3v) is 6.49. The van der Waals surface area contributed by atoms with Crippen molar-refractivity contribution in [2.75, 3.05) is 17.7 Å². The zero-order valence-electron chi connectivity index (χ0n) is 14.2. The highest BCUT2D eigenvalue weighted by Crippen LogP contribution is 2.47. The van der Waals surface area contributed by atoms with Gasteiger partial charge in [-0.15, -0.1) is 11.8 Å². The van der Waals surface area contributed by atoms with Crippen LogP contribution in [0.25, 0.3) is 0 Å². The van der Waals surface area contributed by atoms with Crippen molar-refractivity contribution in [2.24, 2.45) is 0 Å². The second-order valence-corrected chi connectivity index (χ2v) is 8.41. The minimum atomic E-state index is -0.340. The first-order valence-electron chi connectivity index (χ1n) is 8.17. The Balaban J connectivity index is 1.83. The largest absolute Gasteiger partial charge is 0.315 e. The summed E-state index contributed by atoms with van der Waals surface area (Å²) in [7, 11) is 1.81. The van der Waals surface area contributed by atoms with Crippen LogP contribution in [0.4, 0.5) is 5.69 Å². The van der Waals surface area contributed by atoms with Crippen LogP contribution in [0.3, 0.4) is 0 Å². The van der Waals surface area contributed by atoms with Gasteiger partial charge in [0.25, 0.3) is 0 Å². The molecule has 0 bridgehead atoms. The molecule has 2 saturated heterocycles. The van der Waals surface area contributed by atoms with Gasteiger partial charge in [0.05, 0.1) is 4.87 Å². The van der Waals surface area contributed by atoms with Gasteiger partial charge in [0.15, 0.2) is 0 Å². The molecule has 1 aromatic carbocycles. The van der Waals surface area contributed by atoms with Crippen LogP contribution in [0.15, 0.2) is 24.3 Å². The van der Waals surface area contributed by atoms with Gasteiger partial charge in [0.1, 0.15) is 6.04 Å². The molecule has 2 aliphatic heterocycles. The van der Waals surface area contributed by atoms with Crippen molar-refractivity contribution < 1.29 is 9.59 Å². The highest BCUT2D eigenvalue weighted by atomic mass is 32.2. The zero-order valence-corrected chi connectivity index (χ0v) is 15.0. The second kappa shape index (κ2) is 5.86. The van der Waals surface area contributed by atoms with Crippen LogP contribution in [0.5, 0.6) is 0 Å². The van der Waals surface area contributed by atoms with E-state index in [0.29, 0.717) is 18.1 Å². The number of carbonyl (C=O) groups is 2. The number of anilines is 1. The molecule has 0 spiro atoms. The molecule has 0 aliphatic carbocycles. The fraction of sp³-hybridized carbons (Fsp3) is 0.556. The van der Waals surface area contributed by atoms with Gasteiger partial charge < -0.3 is 9.80 Å². The van der Waals surface area contributed by atoms with Crippen LogP contribution in [-0.2, 0) is 9.59 Å². The van der Waals surface area contributed by atoms with E-state index in [-0.39, 0.29) is 22.7 Å². The zero-order chi connectivity index (χ0) is 16.8. The Kier molecular flexibility index (Phi) is 4.17. The fourth-order valence-corrected chi connectivity index (χ4v) is 4.87. The van der Waals surface area contributed by atoms with Crippen LogP contribution in [0, 0.1) is 0 Å². The number of hydrogen-bond donors (Lipinski definition) is 0. The van der Waals surface area contributed by atoms with E-state index in [2.05, 4.69) is 32.9 Å². The van der Waals surface area contributed by atoms with Crippen molar-refractivity contribution in [1.82, 2.24) is 4.90 Å². The Morgan fingerprint density at radius 2 is 2.17 bits per heavy atom. The predicted octanol–water partition coefficient (Wildman–Crippen LogP) is 3.23. The predicted molar refractivity (Wildman–Crippen MR) is 94.7 cm³/mol. The number of hydrogen-bond acceptors (Lipinski definition) is 3. The molecule has 4 nitrogen and oxygen atoms in total. The van der Waals surface area contributed by atoms with Crippen LogP contribution in [-0.4, -0.2) is 40.4 Å². The molecule has 0 unspecified atom stereocenters. The molecule has 0 N–H and O–H groups in total. The van der Waals surface area contributed by atoms with E-state index in [4.69, 9.17) is 0 Å². The summed E-state index contributed by atoms with van der Waals surface area (Å²) >= 11 is 1.73. The van der Waals surface area contributed by atoms with E-state index in [9.17, 15) is 9.59 Å². The fourth-order valence-electron chi connectivity index (χ4n) is 3.45. The molecule has 23 heavy (non-hydrogen) atoms. The Morgan fingerprint density at radius 1 is 1.43 bits per heavy atom. The molecule has 0 aromatic heterocycles. The molecule has 2 amide bonds. The standard InChI is InChI=1S/C18H24N2O2S/c1-12(2)13-6-5-7-14(10-13)19(4)17(22)15-11-23-18(3)9-8-16(21)20(15)18/h5-7,10,12,15H,8-9,11H2,1-4H3/t15-,18+/m1/s1. The number of fused-ring (bicyclic) bond motifs is 1. The van der Waals surface area contributed by atoms with E-state index in [1.54, 1.807) is 16.7 Å². The number of thioether (sulfide) groups is 1. The molecular formula is C18H24N2O2S. The van der Waals surface area contributed by atoms with Crippen molar-refractivity contribution in [1.29, 1.82) is 0 Å². The molecular weight excluding hydrogens is 308 g/mol. The number of nitrogens with zero attached hydrogens (tertiary/aromatic N) is 2. The molecule has 2 heterocycles. The third kappa shape index (κ3) is 2.75. The molecule has 1 aromatic rings. The number of amides is 2. The highest BCUT2D eigenvalue weighted by Gasteiger charge is 2.53. The minimum absolute atomic E-state index is 0.0115. The average molecular weight is 332 g/mol. The summed E-state index contributed by atoms with van der Waals surface area (Å²) in [4.78, 5) is 28.5. The van der Waals surface area contributed by atoms with Gasteiger partial charge >= 0.3 is 0 Å². The van der Waals surface area contributed by atoms with Gasteiger partial charge in [0, 0.05) is 24.9 Å². The molecule has 124 valence electrons. The van der Waals surface area contributed by atoms with E-state index in [1.165, 1.54) is 5.56 Å². The first-order valence-corrected chi connectivity index (χ1v) is 9.16. The van der Waals surface area contributed by atoms with Crippen LogP contribution in [0.1, 0.15) is 45.1 Å². The van der Waals surface area contributed by atoms with Gasteiger partial charge in [-0.05, 0) is 37.0 Å². The maximum absolute atomic E-state index is 13.0. The lowest BCUT2D eigenvalue weighted by Crippen LogP contribution is -2.50. The number of benzene rings is 1. The molecule has 3 rings (SSSR count). The van der Waals surface area contributed by atoms with E-state index in [1.807, 2.05) is 24.1 Å². The maximum atomic E-state index is 13.0. The van der Waals surface area contributed by atoms with Gasteiger partial charge in [-0.1, -0.05) is 26.0 Å². The Bertz CT molecular complexity index is 646. The summed E-state index contributed by atoms with van der Waals surface area (Å²) in [6.45, 7) is 6.36. The normalized spacial score (nSPS) is 26.7. The topological polar surface area (TPSA) is 40.6 Å². The van der Waals surface area contributed by atoms with Crippen molar-refractivity contribution in [3.05, 3.63) is 29.8 Å².